The minimum atomic E-state index is 0.0390. The van der Waals surface area contributed by atoms with Crippen LogP contribution in [-0.4, -0.2) is 62.0 Å². The van der Waals surface area contributed by atoms with Gasteiger partial charge >= 0.3 is 0 Å². The van der Waals surface area contributed by atoms with Gasteiger partial charge in [-0.15, -0.1) is 5.10 Å². The van der Waals surface area contributed by atoms with Crippen molar-refractivity contribution in [2.24, 2.45) is 0 Å². The lowest BCUT2D eigenvalue weighted by Crippen LogP contribution is -2.48. The summed E-state index contributed by atoms with van der Waals surface area (Å²) in [4.78, 5) is 21.3. The van der Waals surface area contributed by atoms with E-state index in [9.17, 15) is 4.79 Å². The Balaban J connectivity index is 1.19. The molecule has 0 N–H and O–H groups in total. The lowest BCUT2D eigenvalue weighted by atomic mass is 9.97. The molecule has 8 nitrogen and oxygen atoms in total. The van der Waals surface area contributed by atoms with Gasteiger partial charge in [0.25, 0.3) is 5.56 Å². The highest BCUT2D eigenvalue weighted by Crippen LogP contribution is 2.17. The molecular formula is C20H25N7O. The maximum Gasteiger partial charge on any atom is 0.267 e. The maximum absolute atomic E-state index is 12.3. The van der Waals surface area contributed by atoms with Gasteiger partial charge in [-0.1, -0.05) is 0 Å². The fraction of sp³-hybridized carbons (Fsp3) is 0.500. The molecular weight excluding hydrogens is 354 g/mol. The molecule has 0 spiro atoms. The molecule has 1 fully saturated rings. The third-order valence-corrected chi connectivity index (χ3v) is 5.84. The summed E-state index contributed by atoms with van der Waals surface area (Å²) in [5.74, 6) is 0.984. The van der Waals surface area contributed by atoms with Crippen LogP contribution in [0.1, 0.15) is 24.1 Å². The molecule has 0 aromatic carbocycles. The fourth-order valence-electron chi connectivity index (χ4n) is 4.17. The van der Waals surface area contributed by atoms with E-state index in [1.54, 1.807) is 16.9 Å². The first-order valence-electron chi connectivity index (χ1n) is 10.1. The monoisotopic (exact) mass is 379 g/mol. The molecule has 2 aliphatic rings. The van der Waals surface area contributed by atoms with Crippen LogP contribution in [0, 0.1) is 0 Å². The van der Waals surface area contributed by atoms with Crippen molar-refractivity contribution in [1.29, 1.82) is 0 Å². The Labute approximate surface area is 163 Å². The van der Waals surface area contributed by atoms with Crippen LogP contribution in [0.3, 0.4) is 0 Å². The molecule has 3 aromatic rings. The number of piperazine rings is 1. The Morgan fingerprint density at radius 2 is 1.82 bits per heavy atom. The van der Waals surface area contributed by atoms with Gasteiger partial charge in [0.05, 0.1) is 12.2 Å². The van der Waals surface area contributed by atoms with Gasteiger partial charge in [0.15, 0.2) is 5.65 Å². The number of hydrogen-bond donors (Lipinski definition) is 0. The van der Waals surface area contributed by atoms with E-state index in [0.717, 1.165) is 68.3 Å². The number of fused-ring (bicyclic) bond motifs is 2. The lowest BCUT2D eigenvalue weighted by molar-refractivity contribution is 0.241. The van der Waals surface area contributed by atoms with Crippen molar-refractivity contribution < 1.29 is 0 Å². The van der Waals surface area contributed by atoms with Gasteiger partial charge in [0, 0.05) is 51.2 Å². The summed E-state index contributed by atoms with van der Waals surface area (Å²) in [7, 11) is 0. The van der Waals surface area contributed by atoms with Crippen LogP contribution in [0.5, 0.6) is 0 Å². The van der Waals surface area contributed by atoms with Gasteiger partial charge in [-0.2, -0.15) is 5.10 Å². The van der Waals surface area contributed by atoms with Crippen LogP contribution in [-0.2, 0) is 19.4 Å². The summed E-state index contributed by atoms with van der Waals surface area (Å²) in [5.41, 5.74) is 3.18. The van der Waals surface area contributed by atoms with Crippen molar-refractivity contribution >= 4 is 11.5 Å². The zero-order valence-corrected chi connectivity index (χ0v) is 16.0. The molecule has 5 rings (SSSR count). The zero-order chi connectivity index (χ0) is 18.9. The van der Waals surface area contributed by atoms with Gasteiger partial charge < -0.3 is 4.90 Å². The third kappa shape index (κ3) is 3.40. The molecule has 8 heteroatoms. The molecule has 0 bridgehead atoms. The molecule has 0 unspecified atom stereocenters. The average molecular weight is 379 g/mol. The zero-order valence-electron chi connectivity index (χ0n) is 16.0. The van der Waals surface area contributed by atoms with Gasteiger partial charge in [-0.3, -0.25) is 9.69 Å². The Bertz CT molecular complexity index is 1030. The topological polar surface area (TPSA) is 71.6 Å². The van der Waals surface area contributed by atoms with Gasteiger partial charge in [0.2, 0.25) is 0 Å². The highest BCUT2D eigenvalue weighted by Gasteiger charge is 2.19. The molecule has 1 saturated heterocycles. The summed E-state index contributed by atoms with van der Waals surface area (Å²) in [6, 6.07) is 5.84. The number of anilines is 1. The SMILES string of the molecule is O=c1cc2c(nn1CCN1CCN(c3ccc4nccn4n3)CC1)CCCC2. The Morgan fingerprint density at radius 1 is 0.964 bits per heavy atom. The van der Waals surface area contributed by atoms with E-state index in [1.165, 1.54) is 12.8 Å². The lowest BCUT2D eigenvalue weighted by Gasteiger charge is -2.35. The van der Waals surface area contributed by atoms with Crippen molar-refractivity contribution in [3.8, 4) is 0 Å². The molecule has 28 heavy (non-hydrogen) atoms. The van der Waals surface area contributed by atoms with Crippen LogP contribution in [0.15, 0.2) is 35.4 Å². The predicted molar refractivity (Wildman–Crippen MR) is 107 cm³/mol. The Morgan fingerprint density at radius 3 is 2.71 bits per heavy atom. The second-order valence-corrected chi connectivity index (χ2v) is 7.63. The first-order chi connectivity index (χ1) is 13.8. The molecule has 1 aliphatic heterocycles. The summed E-state index contributed by atoms with van der Waals surface area (Å²) in [6.45, 7) is 5.30. The molecule has 0 saturated carbocycles. The van der Waals surface area contributed by atoms with Crippen LogP contribution < -0.4 is 10.5 Å². The van der Waals surface area contributed by atoms with E-state index in [1.807, 2.05) is 22.8 Å². The second kappa shape index (κ2) is 7.35. The number of aryl methyl sites for hydroxylation is 2. The highest BCUT2D eigenvalue weighted by molar-refractivity contribution is 5.46. The molecule has 1 aliphatic carbocycles. The fourth-order valence-corrected chi connectivity index (χ4v) is 4.17. The van der Waals surface area contributed by atoms with E-state index in [4.69, 9.17) is 0 Å². The predicted octanol–water partition coefficient (Wildman–Crippen LogP) is 0.987. The number of hydrogen-bond acceptors (Lipinski definition) is 6. The number of aromatic nitrogens is 5. The minimum absolute atomic E-state index is 0.0390. The number of imidazole rings is 1. The largest absolute Gasteiger partial charge is 0.353 e. The van der Waals surface area contributed by atoms with Crippen LogP contribution in [0.25, 0.3) is 5.65 Å². The Kier molecular flexibility index (Phi) is 4.56. The van der Waals surface area contributed by atoms with Crippen LogP contribution in [0.4, 0.5) is 5.82 Å². The summed E-state index contributed by atoms with van der Waals surface area (Å²) in [5, 5.41) is 9.27. The van der Waals surface area contributed by atoms with Gasteiger partial charge in [-0.05, 0) is 43.4 Å². The third-order valence-electron chi connectivity index (χ3n) is 5.84. The van der Waals surface area contributed by atoms with Crippen molar-refractivity contribution in [2.75, 3.05) is 37.6 Å². The average Bonchev–Trinajstić information content (AvgIpc) is 3.20. The molecule has 146 valence electrons. The number of nitrogens with zero attached hydrogens (tertiary/aromatic N) is 7. The van der Waals surface area contributed by atoms with Crippen molar-refractivity contribution in [3.05, 3.63) is 52.2 Å². The normalized spacial score (nSPS) is 17.8. The molecule has 0 amide bonds. The summed E-state index contributed by atoms with van der Waals surface area (Å²) in [6.07, 6.45) is 7.99. The molecule has 3 aromatic heterocycles. The minimum Gasteiger partial charge on any atom is -0.353 e. The van der Waals surface area contributed by atoms with E-state index in [2.05, 4.69) is 25.0 Å². The van der Waals surface area contributed by atoms with E-state index in [-0.39, 0.29) is 5.56 Å². The second-order valence-electron chi connectivity index (χ2n) is 7.63. The summed E-state index contributed by atoms with van der Waals surface area (Å²) < 4.78 is 3.47. The first kappa shape index (κ1) is 17.4. The molecule has 4 heterocycles. The van der Waals surface area contributed by atoms with Gasteiger partial charge in [0.1, 0.15) is 5.82 Å². The van der Waals surface area contributed by atoms with Crippen LogP contribution in [0.2, 0.25) is 0 Å². The quantitative estimate of drug-likeness (QED) is 0.673. The Hall–Kier alpha value is -2.74. The standard InChI is InChI=1S/C20H25N7O/c28-20-15-16-3-1-2-4-17(16)22-27(20)14-11-24-9-12-25(13-10-24)19-6-5-18-21-7-8-26(18)23-19/h5-8,15H,1-4,9-14H2. The van der Waals surface area contributed by atoms with Crippen molar-refractivity contribution in [1.82, 2.24) is 29.3 Å². The van der Waals surface area contributed by atoms with E-state index in [0.29, 0.717) is 6.54 Å². The smallest absolute Gasteiger partial charge is 0.267 e. The molecule has 0 radical (unpaired) electrons. The van der Waals surface area contributed by atoms with Gasteiger partial charge in [-0.25, -0.2) is 14.2 Å². The van der Waals surface area contributed by atoms with E-state index >= 15 is 0 Å². The van der Waals surface area contributed by atoms with Crippen molar-refractivity contribution in [2.45, 2.75) is 32.2 Å². The van der Waals surface area contributed by atoms with Crippen LogP contribution >= 0.6 is 0 Å². The highest BCUT2D eigenvalue weighted by atomic mass is 16.1. The number of rotatable bonds is 4. The summed E-state index contributed by atoms with van der Waals surface area (Å²) >= 11 is 0. The first-order valence-corrected chi connectivity index (χ1v) is 10.1. The maximum atomic E-state index is 12.3. The van der Waals surface area contributed by atoms with E-state index < -0.39 is 0 Å². The molecule has 0 atom stereocenters. The van der Waals surface area contributed by atoms with Crippen molar-refractivity contribution in [3.63, 3.8) is 0 Å².